The molecule has 0 aliphatic carbocycles. The highest BCUT2D eigenvalue weighted by Crippen LogP contribution is 2.41. The molecular weight excluding hydrogens is 583 g/mol. The van der Waals surface area contributed by atoms with Crippen LogP contribution in [0.5, 0.6) is 5.75 Å². The minimum atomic E-state index is -4.49. The zero-order chi connectivity index (χ0) is 30.7. The largest absolute Gasteiger partial charge is 0.489 e. The zero-order valence-electron chi connectivity index (χ0n) is 22.9. The molecule has 3 aromatic carbocycles. The van der Waals surface area contributed by atoms with Crippen LogP contribution in [0.3, 0.4) is 0 Å². The zero-order valence-corrected chi connectivity index (χ0v) is 23.7. The Morgan fingerprint density at radius 3 is 2.42 bits per heavy atom. The lowest BCUT2D eigenvalue weighted by molar-refractivity contribution is -0.137. The van der Waals surface area contributed by atoms with Gasteiger partial charge in [-0.15, -0.1) is 0 Å². The number of para-hydroxylation sites is 1. The first-order valence-electron chi connectivity index (χ1n) is 13.5. The van der Waals surface area contributed by atoms with E-state index in [2.05, 4.69) is 10.3 Å². The molecule has 0 saturated carbocycles. The van der Waals surface area contributed by atoms with Gasteiger partial charge in [0.05, 0.1) is 40.9 Å². The Labute approximate surface area is 250 Å². The number of hydrogen-bond acceptors (Lipinski definition) is 6. The van der Waals surface area contributed by atoms with Crippen LogP contribution in [0.15, 0.2) is 85.1 Å². The Morgan fingerprint density at radius 1 is 1.05 bits per heavy atom. The highest BCUT2D eigenvalue weighted by atomic mass is 35.5. The predicted molar refractivity (Wildman–Crippen MR) is 157 cm³/mol. The number of hydrogen-bond donors (Lipinski definition) is 2. The first-order valence-corrected chi connectivity index (χ1v) is 13.8. The second-order valence-corrected chi connectivity index (χ2v) is 10.4. The smallest absolute Gasteiger partial charge is 0.416 e. The molecule has 1 amide bonds. The SMILES string of the molecule is C[C@@H](C(=O)C(CO)c1cnc(N2CCOc3c(C(=O)Nc4ccc(C(F)(F)F)cc4)cccc32)c(Cl)c1)c1ccccc1. The molecule has 0 fully saturated rings. The Balaban J connectivity index is 1.38. The Hall–Kier alpha value is -4.41. The molecule has 0 spiro atoms. The lowest BCUT2D eigenvalue weighted by Crippen LogP contribution is -2.31. The van der Waals surface area contributed by atoms with E-state index in [1.165, 1.54) is 18.3 Å². The monoisotopic (exact) mass is 609 g/mol. The van der Waals surface area contributed by atoms with Crippen LogP contribution in [0.4, 0.5) is 30.4 Å². The van der Waals surface area contributed by atoms with E-state index < -0.39 is 36.1 Å². The number of nitrogens with zero attached hydrogens (tertiary/aromatic N) is 2. The number of rotatable bonds is 8. The molecule has 1 aromatic heterocycles. The van der Waals surface area contributed by atoms with Crippen molar-refractivity contribution in [2.75, 3.05) is 30.0 Å². The highest BCUT2D eigenvalue weighted by molar-refractivity contribution is 6.33. The van der Waals surface area contributed by atoms with Crippen molar-refractivity contribution in [1.82, 2.24) is 4.98 Å². The Kier molecular flexibility index (Phi) is 8.70. The molecule has 2 N–H and O–H groups in total. The number of ether oxygens (including phenoxy) is 1. The number of alkyl halides is 3. The van der Waals surface area contributed by atoms with Gasteiger partial charge in [0.25, 0.3) is 5.91 Å². The molecule has 5 rings (SSSR count). The lowest BCUT2D eigenvalue weighted by Gasteiger charge is -2.32. The summed E-state index contributed by atoms with van der Waals surface area (Å²) in [7, 11) is 0. The van der Waals surface area contributed by atoms with Crippen LogP contribution >= 0.6 is 11.6 Å². The van der Waals surface area contributed by atoms with Crippen LogP contribution < -0.4 is 15.0 Å². The van der Waals surface area contributed by atoms with Gasteiger partial charge in [0.1, 0.15) is 12.4 Å². The van der Waals surface area contributed by atoms with Crippen LogP contribution in [0.25, 0.3) is 0 Å². The fourth-order valence-electron chi connectivity index (χ4n) is 4.99. The maximum Gasteiger partial charge on any atom is 0.416 e. The van der Waals surface area contributed by atoms with E-state index in [9.17, 15) is 27.9 Å². The van der Waals surface area contributed by atoms with Crippen molar-refractivity contribution in [3.05, 3.63) is 112 Å². The predicted octanol–water partition coefficient (Wildman–Crippen LogP) is 6.99. The molecule has 1 aliphatic heterocycles. The molecular formula is C32H27ClF3N3O4. The number of aliphatic hydroxyl groups excluding tert-OH is 1. The van der Waals surface area contributed by atoms with Crippen LogP contribution in [-0.2, 0) is 11.0 Å². The van der Waals surface area contributed by atoms with Crippen molar-refractivity contribution in [2.24, 2.45) is 0 Å². The molecule has 222 valence electrons. The van der Waals surface area contributed by atoms with Crippen molar-refractivity contribution >= 4 is 40.5 Å². The molecule has 2 atom stereocenters. The van der Waals surface area contributed by atoms with Crippen molar-refractivity contribution < 1.29 is 32.6 Å². The van der Waals surface area contributed by atoms with E-state index in [0.717, 1.165) is 17.7 Å². The van der Waals surface area contributed by atoms with Crippen molar-refractivity contribution in [1.29, 1.82) is 0 Å². The molecule has 2 heterocycles. The van der Waals surface area contributed by atoms with Crippen molar-refractivity contribution in [3.63, 3.8) is 0 Å². The number of halogens is 4. The van der Waals surface area contributed by atoms with E-state index in [-0.39, 0.29) is 34.4 Å². The summed E-state index contributed by atoms with van der Waals surface area (Å²) in [6.07, 6.45) is -2.98. The van der Waals surface area contributed by atoms with Gasteiger partial charge in [-0.1, -0.05) is 54.9 Å². The van der Waals surface area contributed by atoms with Crippen molar-refractivity contribution in [2.45, 2.75) is 24.9 Å². The summed E-state index contributed by atoms with van der Waals surface area (Å²) in [5.74, 6) is -1.37. The third-order valence-corrected chi connectivity index (χ3v) is 7.59. The number of carbonyl (C=O) groups is 2. The first kappa shape index (κ1) is 30.1. The average molecular weight is 610 g/mol. The van der Waals surface area contributed by atoms with Gasteiger partial charge in [-0.3, -0.25) is 9.59 Å². The molecule has 1 aliphatic rings. The van der Waals surface area contributed by atoms with E-state index in [1.54, 1.807) is 36.1 Å². The summed E-state index contributed by atoms with van der Waals surface area (Å²) in [6, 6.07) is 20.0. The summed E-state index contributed by atoms with van der Waals surface area (Å²) < 4.78 is 44.6. The number of benzene rings is 3. The van der Waals surface area contributed by atoms with Gasteiger partial charge >= 0.3 is 6.18 Å². The van der Waals surface area contributed by atoms with Crippen molar-refractivity contribution in [3.8, 4) is 5.75 Å². The first-order chi connectivity index (χ1) is 20.6. The standard InChI is InChI=1S/C32H27ClF3N3O4/c1-19(20-6-3-2-4-7-20)28(41)25(18-40)21-16-26(33)30(37-17-21)39-14-15-43-29-24(8-5-9-27(29)39)31(42)38-23-12-10-22(11-13-23)32(34,35)36/h2-13,16-17,19,25,40H,14-15,18H2,1H3,(H,38,42)/t19-,25?/m1/s1. The summed E-state index contributed by atoms with van der Waals surface area (Å²) in [5, 5.41) is 13.0. The number of fused-ring (bicyclic) bond motifs is 1. The number of anilines is 3. The van der Waals surface area contributed by atoms with Gasteiger partial charge in [-0.05, 0) is 53.6 Å². The van der Waals surface area contributed by atoms with Crippen LogP contribution in [-0.4, -0.2) is 41.5 Å². The number of nitrogens with one attached hydrogen (secondary N) is 1. The second-order valence-electron chi connectivity index (χ2n) is 10.0. The number of carbonyl (C=O) groups excluding carboxylic acids is 2. The van der Waals surface area contributed by atoms with Gasteiger partial charge < -0.3 is 20.1 Å². The van der Waals surface area contributed by atoms with Crippen LogP contribution in [0.2, 0.25) is 5.02 Å². The molecule has 0 bridgehead atoms. The summed E-state index contributed by atoms with van der Waals surface area (Å²) in [5.41, 5.74) is 1.37. The maximum atomic E-state index is 13.3. The molecule has 7 nitrogen and oxygen atoms in total. The van der Waals surface area contributed by atoms with Gasteiger partial charge in [0.2, 0.25) is 0 Å². The maximum absolute atomic E-state index is 13.3. The van der Waals surface area contributed by atoms with Gasteiger partial charge in [0, 0.05) is 17.8 Å². The lowest BCUT2D eigenvalue weighted by atomic mass is 9.85. The normalized spacial score (nSPS) is 14.3. The minimum Gasteiger partial charge on any atom is -0.489 e. The fourth-order valence-corrected chi connectivity index (χ4v) is 5.27. The van der Waals surface area contributed by atoms with Gasteiger partial charge in [-0.2, -0.15) is 13.2 Å². The number of aromatic nitrogens is 1. The minimum absolute atomic E-state index is 0.167. The van der Waals surface area contributed by atoms with E-state index in [1.807, 2.05) is 30.3 Å². The van der Waals surface area contributed by atoms with Gasteiger partial charge in [-0.25, -0.2) is 4.98 Å². The summed E-state index contributed by atoms with van der Waals surface area (Å²) >= 11 is 6.69. The van der Waals surface area contributed by atoms with Crippen LogP contribution in [0.1, 0.15) is 45.8 Å². The fraction of sp³-hybridized carbons (Fsp3) is 0.219. The van der Waals surface area contributed by atoms with E-state index in [4.69, 9.17) is 16.3 Å². The van der Waals surface area contributed by atoms with Gasteiger partial charge in [0.15, 0.2) is 11.6 Å². The highest BCUT2D eigenvalue weighted by Gasteiger charge is 2.31. The second kappa shape index (κ2) is 12.4. The number of Topliss-reactive ketones (excluding diaryl/α,β-unsaturated/α-hetero) is 1. The summed E-state index contributed by atoms with van der Waals surface area (Å²) in [6.45, 7) is 1.94. The molecule has 0 radical (unpaired) electrons. The Morgan fingerprint density at radius 2 is 1.77 bits per heavy atom. The third-order valence-electron chi connectivity index (χ3n) is 7.31. The van der Waals surface area contributed by atoms with E-state index in [0.29, 0.717) is 23.6 Å². The molecule has 4 aromatic rings. The topological polar surface area (TPSA) is 91.8 Å². The molecule has 0 saturated heterocycles. The molecule has 11 heteroatoms. The number of pyridine rings is 1. The quantitative estimate of drug-likeness (QED) is 0.224. The average Bonchev–Trinajstić information content (AvgIpc) is 3.01. The third kappa shape index (κ3) is 6.35. The Bertz CT molecular complexity index is 1630. The number of ketones is 1. The number of aliphatic hydroxyl groups is 1. The molecule has 1 unspecified atom stereocenters. The molecule has 43 heavy (non-hydrogen) atoms. The van der Waals surface area contributed by atoms with E-state index >= 15 is 0 Å². The van der Waals surface area contributed by atoms with Crippen LogP contribution in [0, 0.1) is 0 Å². The number of amides is 1. The summed E-state index contributed by atoms with van der Waals surface area (Å²) in [4.78, 5) is 32.7.